The number of benzene rings is 1. The Hall–Kier alpha value is -0.990. The van der Waals surface area contributed by atoms with Gasteiger partial charge in [-0.1, -0.05) is 91.9 Å². The fourth-order valence-corrected chi connectivity index (χ4v) is 4.82. The van der Waals surface area contributed by atoms with Gasteiger partial charge in [-0.05, 0) is 31.0 Å². The van der Waals surface area contributed by atoms with E-state index in [1.807, 2.05) is 32.0 Å². The molecule has 0 amide bonds. The molecule has 0 unspecified atom stereocenters. The van der Waals surface area contributed by atoms with Crippen LogP contribution in [0.25, 0.3) is 0 Å². The summed E-state index contributed by atoms with van der Waals surface area (Å²) in [4.78, 5) is 0. The van der Waals surface area contributed by atoms with Gasteiger partial charge in [0.25, 0.3) is 0 Å². The molecule has 0 aliphatic heterocycles. The summed E-state index contributed by atoms with van der Waals surface area (Å²) >= 11 is 0. The van der Waals surface area contributed by atoms with E-state index in [9.17, 15) is 4.57 Å². The van der Waals surface area contributed by atoms with Crippen molar-refractivity contribution in [2.45, 2.75) is 111 Å². The zero-order chi connectivity index (χ0) is 23.5. The molecule has 0 saturated heterocycles. The molecular formula is C27H49O4P. The Kier molecular flexibility index (Phi) is 16.7. The second kappa shape index (κ2) is 18.4. The molecule has 5 heteroatoms. The van der Waals surface area contributed by atoms with E-state index in [1.54, 1.807) is 0 Å². The first-order valence-electron chi connectivity index (χ1n) is 13.2. The van der Waals surface area contributed by atoms with Crippen molar-refractivity contribution in [2.75, 3.05) is 25.5 Å². The van der Waals surface area contributed by atoms with Crippen LogP contribution < -0.4 is 9.47 Å². The summed E-state index contributed by atoms with van der Waals surface area (Å²) in [5.74, 6) is 1.66. The Morgan fingerprint density at radius 3 is 1.78 bits per heavy atom. The molecule has 0 aliphatic rings. The summed E-state index contributed by atoms with van der Waals surface area (Å²) in [5.41, 5.74) is 0.929. The van der Waals surface area contributed by atoms with Crippen LogP contribution in [0.3, 0.4) is 0 Å². The van der Waals surface area contributed by atoms with Gasteiger partial charge in [0.1, 0.15) is 11.5 Å². The number of rotatable bonds is 21. The van der Waals surface area contributed by atoms with Gasteiger partial charge < -0.3 is 14.0 Å². The molecule has 1 rings (SSSR count). The molecule has 4 nitrogen and oxygen atoms in total. The molecule has 0 saturated carbocycles. The minimum atomic E-state index is -2.57. The molecule has 0 radical (unpaired) electrons. The Morgan fingerprint density at radius 1 is 0.688 bits per heavy atom. The van der Waals surface area contributed by atoms with Crippen molar-refractivity contribution in [3.8, 4) is 11.5 Å². The monoisotopic (exact) mass is 468 g/mol. The van der Waals surface area contributed by atoms with E-state index >= 15 is 0 Å². The van der Waals surface area contributed by atoms with Gasteiger partial charge in [-0.25, -0.2) is 0 Å². The number of ether oxygens (including phenoxy) is 2. The molecule has 1 aromatic rings. The standard InChI is InChI=1S/C27H49O4P/c1-5-9-11-13-15-17-21-29-26-19-20-27(30-22-18-16-14-12-10-6-2)25(23-26)24-31-32(28,7-3)8-4/h19-20,23H,5-18,21-22,24H2,1-4H3. The summed E-state index contributed by atoms with van der Waals surface area (Å²) in [6.45, 7) is 10.1. The van der Waals surface area contributed by atoms with E-state index in [-0.39, 0.29) is 0 Å². The fourth-order valence-electron chi connectivity index (χ4n) is 3.63. The molecule has 32 heavy (non-hydrogen) atoms. The van der Waals surface area contributed by atoms with Gasteiger partial charge >= 0.3 is 0 Å². The van der Waals surface area contributed by atoms with Crippen LogP contribution in [-0.2, 0) is 15.7 Å². The quantitative estimate of drug-likeness (QED) is 0.133. The lowest BCUT2D eigenvalue weighted by Crippen LogP contribution is -2.04. The van der Waals surface area contributed by atoms with Gasteiger partial charge in [0.05, 0.1) is 19.8 Å². The fraction of sp³-hybridized carbons (Fsp3) is 0.778. The van der Waals surface area contributed by atoms with Gasteiger partial charge in [0.15, 0.2) is 0 Å². The highest BCUT2D eigenvalue weighted by molar-refractivity contribution is 7.58. The van der Waals surface area contributed by atoms with Crippen LogP contribution in [0.2, 0.25) is 0 Å². The first kappa shape index (κ1) is 29.0. The van der Waals surface area contributed by atoms with E-state index in [4.69, 9.17) is 14.0 Å². The van der Waals surface area contributed by atoms with Crippen molar-refractivity contribution in [1.82, 2.24) is 0 Å². The Balaban J connectivity index is 2.60. The van der Waals surface area contributed by atoms with E-state index < -0.39 is 7.37 Å². The van der Waals surface area contributed by atoms with Gasteiger partial charge in [-0.15, -0.1) is 0 Å². The average molecular weight is 469 g/mol. The number of unbranched alkanes of at least 4 members (excludes halogenated alkanes) is 10. The van der Waals surface area contributed by atoms with Crippen LogP contribution in [0.1, 0.15) is 110 Å². The van der Waals surface area contributed by atoms with E-state index in [2.05, 4.69) is 13.8 Å². The predicted molar refractivity (Wildman–Crippen MR) is 138 cm³/mol. The molecule has 0 bridgehead atoms. The maximum atomic E-state index is 12.7. The minimum Gasteiger partial charge on any atom is -0.494 e. The van der Waals surface area contributed by atoms with Gasteiger partial charge in [0, 0.05) is 17.9 Å². The highest BCUT2D eigenvalue weighted by Crippen LogP contribution is 2.47. The van der Waals surface area contributed by atoms with Crippen molar-refractivity contribution < 1.29 is 18.6 Å². The molecule has 0 aliphatic carbocycles. The third-order valence-corrected chi connectivity index (χ3v) is 8.50. The van der Waals surface area contributed by atoms with Crippen LogP contribution in [-0.4, -0.2) is 25.5 Å². The molecule has 0 spiro atoms. The minimum absolute atomic E-state index is 0.305. The number of hydrogen-bond donors (Lipinski definition) is 0. The molecule has 0 atom stereocenters. The van der Waals surface area contributed by atoms with Crippen molar-refractivity contribution in [3.63, 3.8) is 0 Å². The lowest BCUT2D eigenvalue weighted by Gasteiger charge is -2.18. The first-order chi connectivity index (χ1) is 15.6. The topological polar surface area (TPSA) is 44.8 Å². The van der Waals surface area contributed by atoms with Crippen molar-refractivity contribution in [3.05, 3.63) is 23.8 Å². The van der Waals surface area contributed by atoms with Crippen molar-refractivity contribution in [1.29, 1.82) is 0 Å². The summed E-state index contributed by atoms with van der Waals surface area (Å²) in [6.07, 6.45) is 16.0. The lowest BCUT2D eigenvalue weighted by molar-refractivity contribution is 0.270. The zero-order valence-corrected chi connectivity index (χ0v) is 22.2. The SMILES string of the molecule is CCCCCCCCOc1ccc(OCCCCCCCC)c(COP(=O)(CC)CC)c1. The number of hydrogen-bond acceptors (Lipinski definition) is 4. The maximum Gasteiger partial charge on any atom is 0.202 e. The van der Waals surface area contributed by atoms with Crippen LogP contribution in [0.4, 0.5) is 0 Å². The Bertz CT molecular complexity index is 624. The summed E-state index contributed by atoms with van der Waals surface area (Å²) < 4.78 is 30.7. The van der Waals surface area contributed by atoms with Gasteiger partial charge in [-0.2, -0.15) is 0 Å². The molecule has 186 valence electrons. The Morgan fingerprint density at radius 2 is 1.22 bits per heavy atom. The van der Waals surface area contributed by atoms with Crippen molar-refractivity contribution in [2.24, 2.45) is 0 Å². The first-order valence-corrected chi connectivity index (χ1v) is 15.2. The molecule has 0 heterocycles. The van der Waals surface area contributed by atoms with Crippen LogP contribution in [0, 0.1) is 0 Å². The van der Waals surface area contributed by atoms with E-state index in [0.29, 0.717) is 25.5 Å². The highest BCUT2D eigenvalue weighted by Gasteiger charge is 2.19. The van der Waals surface area contributed by atoms with Crippen LogP contribution in [0.15, 0.2) is 18.2 Å². The average Bonchev–Trinajstić information content (AvgIpc) is 2.82. The molecule has 1 aromatic carbocycles. The third kappa shape index (κ3) is 12.9. The van der Waals surface area contributed by atoms with Crippen LogP contribution >= 0.6 is 7.37 Å². The van der Waals surface area contributed by atoms with Crippen molar-refractivity contribution >= 4 is 7.37 Å². The normalized spacial score (nSPS) is 11.6. The lowest BCUT2D eigenvalue weighted by atomic mass is 10.1. The van der Waals surface area contributed by atoms with Crippen LogP contribution in [0.5, 0.6) is 11.5 Å². The van der Waals surface area contributed by atoms with Gasteiger partial charge in [-0.3, -0.25) is 4.57 Å². The second-order valence-electron chi connectivity index (χ2n) is 8.72. The Labute approximate surface area is 198 Å². The zero-order valence-electron chi connectivity index (χ0n) is 21.3. The molecule has 0 fully saturated rings. The summed E-state index contributed by atoms with van der Waals surface area (Å²) in [5, 5.41) is 0. The predicted octanol–water partition coefficient (Wildman–Crippen LogP) is 9.00. The highest BCUT2D eigenvalue weighted by atomic mass is 31.2. The molecule has 0 N–H and O–H groups in total. The molecule has 0 aromatic heterocycles. The summed E-state index contributed by atoms with van der Waals surface area (Å²) in [7, 11) is -2.57. The second-order valence-corrected chi connectivity index (χ2v) is 11.9. The third-order valence-electron chi connectivity index (χ3n) is 5.97. The largest absolute Gasteiger partial charge is 0.494 e. The maximum absolute atomic E-state index is 12.7. The summed E-state index contributed by atoms with van der Waals surface area (Å²) in [6, 6.07) is 5.97. The van der Waals surface area contributed by atoms with E-state index in [1.165, 1.54) is 64.2 Å². The smallest absolute Gasteiger partial charge is 0.202 e. The molecular weight excluding hydrogens is 419 g/mol. The van der Waals surface area contributed by atoms with E-state index in [0.717, 1.165) is 36.5 Å². The van der Waals surface area contributed by atoms with Gasteiger partial charge in [0.2, 0.25) is 7.37 Å².